The lowest BCUT2D eigenvalue weighted by Gasteiger charge is -2.01. The van der Waals surface area contributed by atoms with Gasteiger partial charge in [0.25, 0.3) is 0 Å². The van der Waals surface area contributed by atoms with E-state index >= 15 is 0 Å². The zero-order valence-electron chi connectivity index (χ0n) is 7.97. The van der Waals surface area contributed by atoms with Crippen LogP contribution in [0.4, 0.5) is 0 Å². The van der Waals surface area contributed by atoms with E-state index in [2.05, 4.69) is 0 Å². The maximum absolute atomic E-state index is 11.2. The van der Waals surface area contributed by atoms with Crippen LogP contribution in [0.5, 0.6) is 5.75 Å². The molecular weight excluding hydrogens is 278 g/mol. The smallest absolute Gasteiger partial charge is 0.192 e. The van der Waals surface area contributed by atoms with E-state index < -0.39 is 0 Å². The fraction of sp³-hybridized carbons (Fsp3) is 0.100. The maximum atomic E-state index is 11.2. The molecule has 2 heterocycles. The molecule has 2 aromatic rings. The highest BCUT2D eigenvalue weighted by molar-refractivity contribution is 8.24. The third kappa shape index (κ3) is 1.91. The monoisotopic (exact) mass is 283 g/mol. The van der Waals surface area contributed by atoms with Crippen molar-refractivity contribution in [1.82, 2.24) is 0 Å². The van der Waals surface area contributed by atoms with Gasteiger partial charge in [-0.1, -0.05) is 12.1 Å². The molecule has 1 aliphatic heterocycles. The maximum Gasteiger partial charge on any atom is 0.192 e. The van der Waals surface area contributed by atoms with Crippen LogP contribution in [0.15, 0.2) is 18.2 Å². The van der Waals surface area contributed by atoms with E-state index in [0.29, 0.717) is 5.75 Å². The quantitative estimate of drug-likeness (QED) is 0.754. The number of benzene rings is 1. The minimum Gasteiger partial charge on any atom is -0.872 e. The van der Waals surface area contributed by atoms with Gasteiger partial charge in [-0.25, -0.2) is 0 Å². The summed E-state index contributed by atoms with van der Waals surface area (Å²) >= 11 is 3.27. The molecular formula is C10H5O2P2S2-. The average molecular weight is 283 g/mol. The van der Waals surface area contributed by atoms with Crippen LogP contribution in [0.1, 0.15) is 4.61 Å². The molecule has 2 nitrogen and oxygen atoms in total. The molecule has 0 fully saturated rings. The zero-order valence-corrected chi connectivity index (χ0v) is 11.4. The van der Waals surface area contributed by atoms with Crippen LogP contribution >= 0.6 is 39.5 Å². The predicted octanol–water partition coefficient (Wildman–Crippen LogP) is 3.25. The van der Waals surface area contributed by atoms with E-state index in [-0.39, 0.29) is 11.3 Å². The Kier molecular flexibility index (Phi) is 2.76. The van der Waals surface area contributed by atoms with Crippen molar-refractivity contribution >= 4 is 59.5 Å². The molecule has 0 unspecified atom stereocenters. The molecule has 0 N–H and O–H groups in total. The lowest BCUT2D eigenvalue weighted by atomic mass is 10.3. The number of hydrogen-bond acceptors (Lipinski definition) is 4. The van der Waals surface area contributed by atoms with Crippen molar-refractivity contribution in [3.8, 4) is 5.75 Å². The van der Waals surface area contributed by atoms with E-state index in [1.807, 2.05) is 6.07 Å². The van der Waals surface area contributed by atoms with Gasteiger partial charge in [0, 0.05) is 9.82 Å². The lowest BCUT2D eigenvalue weighted by Crippen LogP contribution is -1.86. The molecule has 0 atom stereocenters. The lowest BCUT2D eigenvalue weighted by molar-refractivity contribution is -0.268. The van der Waals surface area contributed by atoms with E-state index in [9.17, 15) is 9.90 Å². The summed E-state index contributed by atoms with van der Waals surface area (Å²) in [5.41, 5.74) is 0.281. The Balaban J connectivity index is 2.12. The van der Waals surface area contributed by atoms with Gasteiger partial charge in [0.1, 0.15) is 0 Å². The molecule has 0 saturated carbocycles. The zero-order chi connectivity index (χ0) is 11.1. The fourth-order valence-corrected chi connectivity index (χ4v) is 6.86. The summed E-state index contributed by atoms with van der Waals surface area (Å²) in [6.45, 7) is 0. The first kappa shape index (κ1) is 10.7. The standard InChI is InChI=1S/C10H6O2P2S2/c11-5-1-2-6-7(3-5)16-10(13-6)9-14-8(12)4-15-9/h1-3,11H,4H2/p-1. The number of rotatable bonds is 1. The summed E-state index contributed by atoms with van der Waals surface area (Å²) in [7, 11) is 1.97. The molecule has 1 aromatic heterocycles. The number of fused-ring (bicyclic) bond motifs is 1. The van der Waals surface area contributed by atoms with Gasteiger partial charge in [-0.2, -0.15) is 0 Å². The third-order valence-corrected chi connectivity index (χ3v) is 8.01. The Hall–Kier alpha value is -0.400. The molecule has 0 radical (unpaired) electrons. The predicted molar refractivity (Wildman–Crippen MR) is 72.3 cm³/mol. The van der Waals surface area contributed by atoms with Crippen LogP contribution in [0, 0.1) is 0 Å². The van der Waals surface area contributed by atoms with Crippen LogP contribution in [-0.2, 0) is 4.79 Å². The Morgan fingerprint density at radius 1 is 1.38 bits per heavy atom. The minimum absolute atomic E-state index is 0.0559. The Labute approximate surface area is 104 Å². The second-order valence-electron chi connectivity index (χ2n) is 3.25. The molecule has 1 aromatic carbocycles. The molecule has 0 aliphatic carbocycles. The number of thioether (sulfide) groups is 1. The Morgan fingerprint density at radius 2 is 2.25 bits per heavy atom. The Bertz CT molecular complexity index is 618. The van der Waals surface area contributed by atoms with Gasteiger partial charge in [-0.3, -0.25) is 4.79 Å². The van der Waals surface area contributed by atoms with Crippen molar-refractivity contribution in [2.75, 3.05) is 5.75 Å². The van der Waals surface area contributed by atoms with Gasteiger partial charge in [0.05, 0.1) is 15.0 Å². The van der Waals surface area contributed by atoms with Gasteiger partial charge in [0.15, 0.2) is 5.52 Å². The van der Waals surface area contributed by atoms with Gasteiger partial charge in [-0.05, 0) is 22.5 Å². The first-order chi connectivity index (χ1) is 7.72. The van der Waals surface area contributed by atoms with Gasteiger partial charge in [0.2, 0.25) is 0 Å². The van der Waals surface area contributed by atoms with Crippen molar-refractivity contribution < 1.29 is 9.90 Å². The largest absolute Gasteiger partial charge is 0.872 e. The molecule has 0 saturated heterocycles. The van der Waals surface area contributed by atoms with Crippen molar-refractivity contribution in [3.05, 3.63) is 22.8 Å². The highest BCUT2D eigenvalue weighted by Crippen LogP contribution is 2.42. The SMILES string of the molecule is O=C1CSC(c2pc3ccc([O-])cc3s2)=P1. The van der Waals surface area contributed by atoms with E-state index in [4.69, 9.17) is 0 Å². The highest BCUT2D eigenvalue weighted by atomic mass is 32.2. The number of carbonyl (C=O) groups excluding carboxylic acids is 1. The van der Waals surface area contributed by atoms with E-state index in [0.717, 1.165) is 21.1 Å². The van der Waals surface area contributed by atoms with Crippen molar-refractivity contribution in [1.29, 1.82) is 0 Å². The molecule has 6 heteroatoms. The van der Waals surface area contributed by atoms with Crippen LogP contribution in [0.2, 0.25) is 0 Å². The first-order valence-corrected chi connectivity index (χ1v) is 8.14. The van der Waals surface area contributed by atoms with Crippen LogP contribution in [-0.4, -0.2) is 15.9 Å². The fourth-order valence-electron chi connectivity index (χ4n) is 1.41. The summed E-state index contributed by atoms with van der Waals surface area (Å²) in [5, 5.41) is 12.4. The van der Waals surface area contributed by atoms with Crippen LogP contribution in [0.3, 0.4) is 0 Å². The van der Waals surface area contributed by atoms with Gasteiger partial charge >= 0.3 is 0 Å². The Morgan fingerprint density at radius 3 is 3.00 bits per heavy atom. The van der Waals surface area contributed by atoms with Gasteiger partial charge in [-0.15, -0.1) is 28.8 Å². The van der Waals surface area contributed by atoms with E-state index in [1.165, 1.54) is 14.4 Å². The third-order valence-electron chi connectivity index (χ3n) is 2.10. The summed E-state index contributed by atoms with van der Waals surface area (Å²) in [4.78, 5) is 11.2. The minimum atomic E-state index is 0.0559. The van der Waals surface area contributed by atoms with E-state index in [1.54, 1.807) is 35.2 Å². The topological polar surface area (TPSA) is 40.1 Å². The summed E-state index contributed by atoms with van der Waals surface area (Å²) in [6, 6.07) is 5.17. The van der Waals surface area contributed by atoms with Crippen LogP contribution in [0.25, 0.3) is 9.82 Å². The molecule has 3 rings (SSSR count). The van der Waals surface area contributed by atoms with Crippen molar-refractivity contribution in [2.24, 2.45) is 0 Å². The highest BCUT2D eigenvalue weighted by Gasteiger charge is 2.17. The molecule has 0 spiro atoms. The summed E-state index contributed by atoms with van der Waals surface area (Å²) in [6.07, 6.45) is 0. The molecule has 1 aliphatic rings. The normalized spacial score (nSPS) is 17.2. The summed E-state index contributed by atoms with van der Waals surface area (Å²) < 4.78 is 3.44. The average Bonchev–Trinajstić information content (AvgIpc) is 2.83. The molecule has 80 valence electrons. The molecule has 0 bridgehead atoms. The second kappa shape index (κ2) is 4.12. The van der Waals surface area contributed by atoms with Crippen LogP contribution < -0.4 is 5.11 Å². The van der Waals surface area contributed by atoms with Crippen molar-refractivity contribution in [2.45, 2.75) is 0 Å². The molecule has 16 heavy (non-hydrogen) atoms. The molecule has 0 amide bonds. The number of hydrogen-bond donors (Lipinski definition) is 0. The second-order valence-corrected chi connectivity index (χ2v) is 8.21. The first-order valence-electron chi connectivity index (χ1n) is 4.55. The van der Waals surface area contributed by atoms with Crippen molar-refractivity contribution in [3.63, 3.8) is 0 Å². The van der Waals surface area contributed by atoms with Gasteiger partial charge < -0.3 is 5.11 Å². The number of carbonyl (C=O) groups is 1. The summed E-state index contributed by atoms with van der Waals surface area (Å²) in [5.74, 6) is 0.653.